The molecule has 2 aromatic heterocycles. The Balaban J connectivity index is 0.875. The molecule has 8 heteroatoms. The molecular weight excluding hydrogens is 510 g/mol. The summed E-state index contributed by atoms with van der Waals surface area (Å²) in [4.78, 5) is 24.5. The van der Waals surface area contributed by atoms with Gasteiger partial charge in [0.2, 0.25) is 5.95 Å². The minimum absolute atomic E-state index is 0.376. The van der Waals surface area contributed by atoms with Crippen molar-refractivity contribution in [1.29, 1.82) is 5.26 Å². The van der Waals surface area contributed by atoms with Gasteiger partial charge in [0.1, 0.15) is 11.6 Å². The molecule has 4 aliphatic rings. The van der Waals surface area contributed by atoms with Crippen molar-refractivity contribution >= 4 is 23.4 Å². The number of aromatic amines is 1. The first-order chi connectivity index (χ1) is 19.9. The third-order valence-corrected chi connectivity index (χ3v) is 10.3. The molecule has 3 saturated carbocycles. The molecule has 0 amide bonds. The molecule has 8 nitrogen and oxygen atoms in total. The van der Waals surface area contributed by atoms with E-state index in [0.29, 0.717) is 53.4 Å². The second-order valence-electron chi connectivity index (χ2n) is 13.3. The summed E-state index contributed by atoms with van der Waals surface area (Å²) in [5.41, 5.74) is 5.18. The quantitative estimate of drug-likeness (QED) is 0.325. The number of aromatic nitrogens is 4. The highest BCUT2D eigenvalue weighted by atomic mass is 16.1. The zero-order chi connectivity index (χ0) is 28.0. The fourth-order valence-electron chi connectivity index (χ4n) is 7.67. The lowest BCUT2D eigenvalue weighted by atomic mass is 9.70. The SMILES string of the molecule is CN(c1nccc(Nc2cc(C3CC4(CC4)C3)[nH]n2)n1)C1CCC(CC(=O)CC2Cc3ccc(C#N)cc3C2)CC1. The summed E-state index contributed by atoms with van der Waals surface area (Å²) in [7, 11) is 2.09. The van der Waals surface area contributed by atoms with E-state index in [9.17, 15) is 4.79 Å². The van der Waals surface area contributed by atoms with Crippen molar-refractivity contribution in [2.75, 3.05) is 17.3 Å². The molecule has 7 rings (SSSR count). The summed E-state index contributed by atoms with van der Waals surface area (Å²) in [5.74, 6) is 4.15. The number of hydrogen-bond donors (Lipinski definition) is 2. The first-order valence-electron chi connectivity index (χ1n) is 15.4. The number of nitrogens with one attached hydrogen (secondary N) is 2. The largest absolute Gasteiger partial charge is 0.341 e. The van der Waals surface area contributed by atoms with Crippen LogP contribution in [0, 0.1) is 28.6 Å². The zero-order valence-electron chi connectivity index (χ0n) is 23.9. The topological polar surface area (TPSA) is 111 Å². The van der Waals surface area contributed by atoms with E-state index in [1.807, 2.05) is 24.4 Å². The van der Waals surface area contributed by atoms with Gasteiger partial charge in [-0.2, -0.15) is 15.3 Å². The molecule has 0 aliphatic heterocycles. The first-order valence-corrected chi connectivity index (χ1v) is 15.4. The van der Waals surface area contributed by atoms with Crippen molar-refractivity contribution in [3.8, 4) is 6.07 Å². The van der Waals surface area contributed by atoms with Crippen LogP contribution < -0.4 is 10.2 Å². The second kappa shape index (κ2) is 10.6. The molecule has 41 heavy (non-hydrogen) atoms. The number of nitriles is 1. The maximum atomic E-state index is 13.0. The van der Waals surface area contributed by atoms with Crippen molar-refractivity contribution in [3.63, 3.8) is 0 Å². The summed E-state index contributed by atoms with van der Waals surface area (Å²) in [6.45, 7) is 0. The van der Waals surface area contributed by atoms with Gasteiger partial charge in [-0.1, -0.05) is 6.07 Å². The summed E-state index contributed by atoms with van der Waals surface area (Å²) >= 11 is 0. The smallest absolute Gasteiger partial charge is 0.227 e. The number of hydrogen-bond acceptors (Lipinski definition) is 7. The van der Waals surface area contributed by atoms with E-state index >= 15 is 0 Å². The molecule has 2 heterocycles. The van der Waals surface area contributed by atoms with Crippen LogP contribution in [0.15, 0.2) is 36.5 Å². The third kappa shape index (κ3) is 5.59. The van der Waals surface area contributed by atoms with E-state index in [1.165, 1.54) is 42.5 Å². The number of rotatable bonds is 9. The molecule has 1 atom stereocenters. The fraction of sp³-hybridized carbons (Fsp3) is 0.545. The number of nitrogens with zero attached hydrogens (tertiary/aromatic N) is 5. The minimum Gasteiger partial charge on any atom is -0.341 e. The fourth-order valence-corrected chi connectivity index (χ4v) is 7.67. The average Bonchev–Trinajstić information content (AvgIpc) is 3.48. The molecule has 3 fully saturated rings. The molecule has 0 bridgehead atoms. The molecule has 0 saturated heterocycles. The van der Waals surface area contributed by atoms with Gasteiger partial charge in [-0.25, -0.2) is 4.98 Å². The van der Waals surface area contributed by atoms with Crippen molar-refractivity contribution in [2.45, 2.75) is 89.0 Å². The number of ketones is 1. The number of carbonyl (C=O) groups excluding carboxylic acids is 1. The van der Waals surface area contributed by atoms with Crippen LogP contribution in [0.5, 0.6) is 0 Å². The second-order valence-corrected chi connectivity index (χ2v) is 13.3. The number of fused-ring (bicyclic) bond motifs is 1. The van der Waals surface area contributed by atoms with Crippen LogP contribution in [-0.2, 0) is 17.6 Å². The van der Waals surface area contributed by atoms with Gasteiger partial charge in [0.05, 0.1) is 11.6 Å². The maximum Gasteiger partial charge on any atom is 0.227 e. The highest BCUT2D eigenvalue weighted by Gasteiger charge is 2.53. The van der Waals surface area contributed by atoms with Crippen molar-refractivity contribution in [2.24, 2.45) is 17.3 Å². The highest BCUT2D eigenvalue weighted by Crippen LogP contribution is 2.66. The average molecular weight is 550 g/mol. The van der Waals surface area contributed by atoms with Gasteiger partial charge in [-0.05, 0) is 111 Å². The normalized spacial score (nSPS) is 24.3. The standard InChI is InChI=1S/C33H39N7O/c1-40(32-35-11-8-30(37-32)36-31-17-29(38-39-31)26-18-33(19-26)9-10-33)27-6-3-21(4-7-27)15-28(41)16-23-13-24-5-2-22(20-34)12-25(24)14-23/h2,5,8,11-12,17,21,23,26-27H,3-4,6-7,9-10,13-16,18-19H2,1H3,(H2,35,36,37,38,39). The predicted octanol–water partition coefficient (Wildman–Crippen LogP) is 6.23. The molecule has 0 radical (unpaired) electrons. The van der Waals surface area contributed by atoms with Crippen LogP contribution >= 0.6 is 0 Å². The van der Waals surface area contributed by atoms with Crippen LogP contribution in [0.4, 0.5) is 17.6 Å². The van der Waals surface area contributed by atoms with Crippen LogP contribution in [0.2, 0.25) is 0 Å². The molecular formula is C33H39N7O. The minimum atomic E-state index is 0.376. The Hall–Kier alpha value is -3.73. The Morgan fingerprint density at radius 1 is 1.05 bits per heavy atom. The number of H-pyrrole nitrogens is 1. The van der Waals surface area contributed by atoms with Crippen LogP contribution in [0.25, 0.3) is 0 Å². The lowest BCUT2D eigenvalue weighted by Gasteiger charge is -2.34. The van der Waals surface area contributed by atoms with Crippen LogP contribution in [-0.4, -0.2) is 39.0 Å². The number of Topliss-reactive ketones (excluding diaryl/α,β-unsaturated/α-hetero) is 1. The number of carbonyl (C=O) groups is 1. The lowest BCUT2D eigenvalue weighted by molar-refractivity contribution is -0.121. The van der Waals surface area contributed by atoms with E-state index in [0.717, 1.165) is 56.1 Å². The van der Waals surface area contributed by atoms with Crippen molar-refractivity contribution in [1.82, 2.24) is 20.2 Å². The van der Waals surface area contributed by atoms with E-state index < -0.39 is 0 Å². The summed E-state index contributed by atoms with van der Waals surface area (Å²) in [6.07, 6.45) is 14.7. The number of benzene rings is 1. The Labute approximate surface area is 242 Å². The van der Waals surface area contributed by atoms with Gasteiger partial charge in [-0.15, -0.1) is 0 Å². The monoisotopic (exact) mass is 549 g/mol. The third-order valence-electron chi connectivity index (χ3n) is 10.3. The molecule has 1 aromatic carbocycles. The number of anilines is 3. The first kappa shape index (κ1) is 26.2. The molecule has 3 aromatic rings. The Kier molecular flexibility index (Phi) is 6.76. The lowest BCUT2D eigenvalue weighted by Crippen LogP contribution is -2.36. The molecule has 2 N–H and O–H groups in total. The van der Waals surface area contributed by atoms with Crippen LogP contribution in [0.1, 0.15) is 92.5 Å². The predicted molar refractivity (Wildman–Crippen MR) is 158 cm³/mol. The summed E-state index contributed by atoms with van der Waals surface area (Å²) < 4.78 is 0. The van der Waals surface area contributed by atoms with E-state index in [-0.39, 0.29) is 0 Å². The Morgan fingerprint density at radius 3 is 2.61 bits per heavy atom. The van der Waals surface area contributed by atoms with Crippen molar-refractivity contribution < 1.29 is 4.79 Å². The van der Waals surface area contributed by atoms with E-state index in [4.69, 9.17) is 10.2 Å². The van der Waals surface area contributed by atoms with Gasteiger partial charge in [0.25, 0.3) is 0 Å². The highest BCUT2D eigenvalue weighted by molar-refractivity contribution is 5.79. The van der Waals surface area contributed by atoms with E-state index in [1.54, 1.807) is 0 Å². The Bertz CT molecular complexity index is 1470. The molecule has 4 aliphatic carbocycles. The summed E-state index contributed by atoms with van der Waals surface area (Å²) in [5, 5.41) is 20.2. The maximum absolute atomic E-state index is 13.0. The molecule has 1 spiro atoms. The van der Waals surface area contributed by atoms with Gasteiger partial charge < -0.3 is 10.2 Å². The Morgan fingerprint density at radius 2 is 1.83 bits per heavy atom. The zero-order valence-corrected chi connectivity index (χ0v) is 23.9. The van der Waals surface area contributed by atoms with E-state index in [2.05, 4.69) is 50.6 Å². The van der Waals surface area contributed by atoms with Gasteiger partial charge in [0, 0.05) is 49.8 Å². The van der Waals surface area contributed by atoms with Crippen LogP contribution in [0.3, 0.4) is 0 Å². The molecule has 212 valence electrons. The van der Waals surface area contributed by atoms with Gasteiger partial charge >= 0.3 is 0 Å². The summed E-state index contributed by atoms with van der Waals surface area (Å²) in [6, 6.07) is 12.6. The van der Waals surface area contributed by atoms with Crippen molar-refractivity contribution in [3.05, 3.63) is 58.9 Å². The van der Waals surface area contributed by atoms with Gasteiger partial charge in [0.15, 0.2) is 5.82 Å². The molecule has 1 unspecified atom stereocenters. The van der Waals surface area contributed by atoms with Gasteiger partial charge in [-0.3, -0.25) is 9.89 Å².